The molecule has 0 bridgehead atoms. The average molecular weight is 895 g/mol. The van der Waals surface area contributed by atoms with Gasteiger partial charge in [-0.05, 0) is 102 Å². The molecule has 0 saturated heterocycles. The number of rotatable bonds is 54. The van der Waals surface area contributed by atoms with Gasteiger partial charge >= 0.3 is 0 Å². The average Bonchev–Trinajstić information content (AvgIpc) is 3.29. The third-order valence-corrected chi connectivity index (χ3v) is 11.7. The van der Waals surface area contributed by atoms with Crippen molar-refractivity contribution in [3.8, 4) is 0 Å². The smallest absolute Gasteiger partial charge is 0.180 e. The van der Waals surface area contributed by atoms with Crippen molar-refractivity contribution in [1.82, 2.24) is 0 Å². The van der Waals surface area contributed by atoms with Crippen LogP contribution in [-0.4, -0.2) is 64.8 Å². The standard InChI is InChI=1S/C56H110O7/c1-7-13-19-23-31-39-49-57-53(58-50-40-32-24-20-14-8-2)43-35-27-29-37-45-55(61-47-17-11-5)63-56(62-48-18-12-6)46-38-30-28-36-44-54(59-51-41-33-25-21-15-9-3)60-52-42-34-26-22-16-10-4/h37-38,45-46,53-56H,7-36,39-44,47-52H2,1-6H3. The second kappa shape index (κ2) is 53.8. The topological polar surface area (TPSA) is 64.6 Å². The van der Waals surface area contributed by atoms with Crippen LogP contribution in [0.2, 0.25) is 0 Å². The van der Waals surface area contributed by atoms with E-state index in [1.54, 1.807) is 0 Å². The number of ether oxygens (including phenoxy) is 7. The molecule has 0 N–H and O–H groups in total. The van der Waals surface area contributed by atoms with Gasteiger partial charge in [-0.15, -0.1) is 0 Å². The summed E-state index contributed by atoms with van der Waals surface area (Å²) in [5.41, 5.74) is 0. The lowest BCUT2D eigenvalue weighted by molar-refractivity contribution is -0.208. The molecule has 0 aromatic rings. The van der Waals surface area contributed by atoms with E-state index in [0.717, 1.165) is 129 Å². The van der Waals surface area contributed by atoms with E-state index in [0.29, 0.717) is 13.2 Å². The monoisotopic (exact) mass is 895 g/mol. The van der Waals surface area contributed by atoms with E-state index in [-0.39, 0.29) is 12.6 Å². The molecular formula is C56H110O7. The van der Waals surface area contributed by atoms with Gasteiger partial charge in [0.1, 0.15) is 0 Å². The first kappa shape index (κ1) is 62.2. The van der Waals surface area contributed by atoms with Crippen molar-refractivity contribution in [2.45, 2.75) is 298 Å². The zero-order chi connectivity index (χ0) is 45.8. The summed E-state index contributed by atoms with van der Waals surface area (Å²) in [5.74, 6) is 0. The Kier molecular flexibility index (Phi) is 53.1. The summed E-state index contributed by atoms with van der Waals surface area (Å²) in [6.07, 6.45) is 50.6. The zero-order valence-corrected chi connectivity index (χ0v) is 43.2. The molecule has 0 saturated carbocycles. The van der Waals surface area contributed by atoms with Crippen molar-refractivity contribution in [3.63, 3.8) is 0 Å². The van der Waals surface area contributed by atoms with Gasteiger partial charge in [-0.25, -0.2) is 0 Å². The van der Waals surface area contributed by atoms with Crippen molar-refractivity contribution in [3.05, 3.63) is 24.3 Å². The maximum atomic E-state index is 6.48. The predicted molar refractivity (Wildman–Crippen MR) is 270 cm³/mol. The van der Waals surface area contributed by atoms with Crippen molar-refractivity contribution >= 4 is 0 Å². The number of hydrogen-bond donors (Lipinski definition) is 0. The van der Waals surface area contributed by atoms with Crippen molar-refractivity contribution in [1.29, 1.82) is 0 Å². The van der Waals surface area contributed by atoms with Crippen LogP contribution in [0.4, 0.5) is 0 Å². The van der Waals surface area contributed by atoms with E-state index < -0.39 is 12.6 Å². The maximum Gasteiger partial charge on any atom is 0.180 e. The van der Waals surface area contributed by atoms with Crippen LogP contribution in [0.1, 0.15) is 273 Å². The molecule has 0 spiro atoms. The van der Waals surface area contributed by atoms with Crippen molar-refractivity contribution in [2.75, 3.05) is 39.6 Å². The minimum Gasteiger partial charge on any atom is -0.353 e. The molecule has 0 rings (SSSR count). The molecule has 0 aliphatic heterocycles. The minimum absolute atomic E-state index is 0.0885. The van der Waals surface area contributed by atoms with Crippen LogP contribution in [0.25, 0.3) is 0 Å². The number of hydrogen-bond acceptors (Lipinski definition) is 7. The second-order valence-corrected chi connectivity index (χ2v) is 18.2. The fraction of sp³-hybridized carbons (Fsp3) is 0.929. The van der Waals surface area contributed by atoms with E-state index in [1.807, 2.05) is 0 Å². The first-order valence-electron chi connectivity index (χ1n) is 27.8. The minimum atomic E-state index is -0.435. The lowest BCUT2D eigenvalue weighted by atomic mass is 10.1. The van der Waals surface area contributed by atoms with E-state index in [9.17, 15) is 0 Å². The van der Waals surface area contributed by atoms with Crippen molar-refractivity contribution in [2.24, 2.45) is 0 Å². The van der Waals surface area contributed by atoms with Gasteiger partial charge < -0.3 is 33.2 Å². The fourth-order valence-electron chi connectivity index (χ4n) is 7.48. The third kappa shape index (κ3) is 47.5. The van der Waals surface area contributed by atoms with Gasteiger partial charge in [0, 0.05) is 26.4 Å². The highest BCUT2D eigenvalue weighted by atomic mass is 16.8. The van der Waals surface area contributed by atoms with Crippen LogP contribution in [0.3, 0.4) is 0 Å². The summed E-state index contributed by atoms with van der Waals surface area (Å²) in [4.78, 5) is 0. The molecule has 0 aromatic carbocycles. The molecule has 2 atom stereocenters. The first-order valence-corrected chi connectivity index (χ1v) is 27.8. The maximum absolute atomic E-state index is 6.48. The molecule has 376 valence electrons. The highest BCUT2D eigenvalue weighted by Gasteiger charge is 2.15. The molecule has 7 nitrogen and oxygen atoms in total. The quantitative estimate of drug-likeness (QED) is 0.0342. The summed E-state index contributed by atoms with van der Waals surface area (Å²) in [6.45, 7) is 18.1. The predicted octanol–water partition coefficient (Wildman–Crippen LogP) is 17.7. The normalized spacial score (nSPS) is 13.2. The SMILES string of the molecule is CCCCCCCCOC(CCCCC=CC(OCCCC)OC(C=CCCCCC(OCCCCCCCC)OCCCCCCCC)OCCCC)OCCCCCCCC. The summed E-state index contributed by atoms with van der Waals surface area (Å²) >= 11 is 0. The molecule has 63 heavy (non-hydrogen) atoms. The summed E-state index contributed by atoms with van der Waals surface area (Å²) in [5, 5.41) is 0. The Morgan fingerprint density at radius 1 is 0.270 bits per heavy atom. The van der Waals surface area contributed by atoms with Crippen LogP contribution < -0.4 is 0 Å². The van der Waals surface area contributed by atoms with Gasteiger partial charge in [0.15, 0.2) is 25.2 Å². The van der Waals surface area contributed by atoms with Crippen LogP contribution in [0, 0.1) is 0 Å². The summed E-state index contributed by atoms with van der Waals surface area (Å²) in [7, 11) is 0. The van der Waals surface area contributed by atoms with Gasteiger partial charge in [0.25, 0.3) is 0 Å². The zero-order valence-electron chi connectivity index (χ0n) is 43.2. The van der Waals surface area contributed by atoms with Gasteiger partial charge in [0.2, 0.25) is 0 Å². The highest BCUT2D eigenvalue weighted by molar-refractivity contribution is 4.90. The summed E-state index contributed by atoms with van der Waals surface area (Å²) < 4.78 is 44.1. The first-order chi connectivity index (χ1) is 31.1. The molecular weight excluding hydrogens is 785 g/mol. The molecule has 0 heterocycles. The van der Waals surface area contributed by atoms with Gasteiger partial charge in [-0.1, -0.05) is 195 Å². The highest BCUT2D eigenvalue weighted by Crippen LogP contribution is 2.17. The lowest BCUT2D eigenvalue weighted by Gasteiger charge is -2.21. The van der Waals surface area contributed by atoms with Crippen LogP contribution in [0.5, 0.6) is 0 Å². The molecule has 2 unspecified atom stereocenters. The van der Waals surface area contributed by atoms with E-state index in [4.69, 9.17) is 33.2 Å². The van der Waals surface area contributed by atoms with E-state index in [1.165, 1.54) is 128 Å². The Morgan fingerprint density at radius 3 is 0.841 bits per heavy atom. The van der Waals surface area contributed by atoms with Crippen molar-refractivity contribution < 1.29 is 33.2 Å². The molecule has 7 heteroatoms. The third-order valence-electron chi connectivity index (χ3n) is 11.7. The van der Waals surface area contributed by atoms with E-state index >= 15 is 0 Å². The van der Waals surface area contributed by atoms with Gasteiger partial charge in [0.05, 0.1) is 13.2 Å². The van der Waals surface area contributed by atoms with E-state index in [2.05, 4.69) is 65.8 Å². The van der Waals surface area contributed by atoms with Gasteiger partial charge in [-0.3, -0.25) is 0 Å². The Balaban J connectivity index is 5.07. The van der Waals surface area contributed by atoms with Gasteiger partial charge in [-0.2, -0.15) is 0 Å². The van der Waals surface area contributed by atoms with Crippen LogP contribution in [-0.2, 0) is 33.2 Å². The number of unbranched alkanes of at least 4 members (excludes halogenated alkanes) is 26. The fourth-order valence-corrected chi connectivity index (χ4v) is 7.48. The van der Waals surface area contributed by atoms with Crippen LogP contribution in [0.15, 0.2) is 24.3 Å². The Bertz CT molecular complexity index is 791. The molecule has 0 radical (unpaired) electrons. The molecule has 0 aromatic heterocycles. The lowest BCUT2D eigenvalue weighted by Crippen LogP contribution is -2.25. The second-order valence-electron chi connectivity index (χ2n) is 18.2. The Hall–Kier alpha value is -0.800. The van der Waals surface area contributed by atoms with Crippen LogP contribution >= 0.6 is 0 Å². The number of allylic oxidation sites excluding steroid dienone is 2. The largest absolute Gasteiger partial charge is 0.353 e. The Labute approximate surface area is 393 Å². The molecule has 0 amide bonds. The molecule has 0 fully saturated rings. The summed E-state index contributed by atoms with van der Waals surface area (Å²) in [6, 6.07) is 0. The molecule has 0 aliphatic rings. The Morgan fingerprint density at radius 2 is 0.540 bits per heavy atom. The molecule has 0 aliphatic carbocycles.